The van der Waals surface area contributed by atoms with Crippen LogP contribution in [0.4, 0.5) is 10.1 Å². The number of carbonyl (C=O) groups is 2. The molecule has 1 N–H and O–H groups in total. The van der Waals surface area contributed by atoms with Gasteiger partial charge >= 0.3 is 0 Å². The largest absolute Gasteiger partial charge is 0.496 e. The van der Waals surface area contributed by atoms with Gasteiger partial charge in [0.1, 0.15) is 17.3 Å². The van der Waals surface area contributed by atoms with Crippen molar-refractivity contribution in [3.63, 3.8) is 0 Å². The quantitative estimate of drug-likeness (QED) is 0.421. The SMILES string of the molecule is COc1ccccc1CN(CC(CC1=C[N]c2ccccc21)NC(=O)COc1ccc(F)cc1)C(C)=O. The molecule has 0 fully saturated rings. The molecular weight excluding hydrogens is 473 g/mol. The second-order valence-corrected chi connectivity index (χ2v) is 8.72. The number of amides is 2. The van der Waals surface area contributed by atoms with E-state index in [-0.39, 0.29) is 30.8 Å². The van der Waals surface area contributed by atoms with Gasteiger partial charge in [0.15, 0.2) is 6.61 Å². The maximum atomic E-state index is 13.2. The zero-order chi connectivity index (χ0) is 26.2. The first-order valence-corrected chi connectivity index (χ1v) is 12.0. The van der Waals surface area contributed by atoms with E-state index in [1.165, 1.54) is 31.2 Å². The van der Waals surface area contributed by atoms with Crippen LogP contribution in [0.5, 0.6) is 11.5 Å². The third kappa shape index (κ3) is 6.88. The summed E-state index contributed by atoms with van der Waals surface area (Å²) in [4.78, 5) is 27.2. The summed E-state index contributed by atoms with van der Waals surface area (Å²) in [6.45, 7) is 1.87. The number of nitrogens with one attached hydrogen (secondary N) is 1. The van der Waals surface area contributed by atoms with Gasteiger partial charge in [0, 0.05) is 37.3 Å². The van der Waals surface area contributed by atoms with Crippen molar-refractivity contribution in [2.24, 2.45) is 0 Å². The minimum atomic E-state index is -0.407. The summed E-state index contributed by atoms with van der Waals surface area (Å²) in [7, 11) is 1.59. The molecule has 7 nitrogen and oxygen atoms in total. The molecule has 3 aromatic carbocycles. The Labute approximate surface area is 215 Å². The second kappa shape index (κ2) is 12.1. The smallest absolute Gasteiger partial charge is 0.258 e. The molecule has 0 bridgehead atoms. The maximum absolute atomic E-state index is 13.2. The number of ether oxygens (including phenoxy) is 2. The minimum Gasteiger partial charge on any atom is -0.496 e. The van der Waals surface area contributed by atoms with Crippen LogP contribution in [0.1, 0.15) is 24.5 Å². The monoisotopic (exact) mass is 502 g/mol. The molecule has 1 radical (unpaired) electrons. The zero-order valence-electron chi connectivity index (χ0n) is 20.8. The van der Waals surface area contributed by atoms with Crippen molar-refractivity contribution in [1.82, 2.24) is 15.5 Å². The Morgan fingerprint density at radius 2 is 1.76 bits per heavy atom. The number of para-hydroxylation sites is 2. The van der Waals surface area contributed by atoms with Gasteiger partial charge < -0.3 is 19.7 Å². The molecule has 4 rings (SSSR count). The van der Waals surface area contributed by atoms with Crippen LogP contribution in [0.15, 0.2) is 79.0 Å². The molecule has 1 atom stereocenters. The van der Waals surface area contributed by atoms with Crippen molar-refractivity contribution >= 4 is 23.1 Å². The summed E-state index contributed by atoms with van der Waals surface area (Å²) in [6, 6.07) is 20.4. The lowest BCUT2D eigenvalue weighted by Gasteiger charge is -2.28. The normalized spacial score (nSPS) is 12.6. The molecule has 1 unspecified atom stereocenters. The van der Waals surface area contributed by atoms with Crippen molar-refractivity contribution in [3.8, 4) is 11.5 Å². The summed E-state index contributed by atoms with van der Waals surface area (Å²) in [5.74, 6) is 0.220. The predicted octanol–water partition coefficient (Wildman–Crippen LogP) is 4.43. The van der Waals surface area contributed by atoms with Gasteiger partial charge in [-0.05, 0) is 48.4 Å². The average molecular weight is 503 g/mol. The maximum Gasteiger partial charge on any atom is 0.258 e. The van der Waals surface area contributed by atoms with Crippen LogP contribution < -0.4 is 20.1 Å². The molecule has 37 heavy (non-hydrogen) atoms. The van der Waals surface area contributed by atoms with E-state index in [4.69, 9.17) is 9.47 Å². The second-order valence-electron chi connectivity index (χ2n) is 8.72. The standard InChI is InChI=1S/C29H29FN3O4/c1-20(34)33(17-21-7-3-6-10-28(21)36-2)18-24(15-22-16-31-27-9-5-4-8-26(22)27)32-29(35)19-37-25-13-11-23(30)12-14-25/h3-14,16,24H,15,17-19H2,1-2H3,(H,32,35). The zero-order valence-corrected chi connectivity index (χ0v) is 20.8. The van der Waals surface area contributed by atoms with Crippen molar-refractivity contribution in [3.05, 3.63) is 95.9 Å². The molecule has 0 spiro atoms. The van der Waals surface area contributed by atoms with E-state index < -0.39 is 6.04 Å². The number of methoxy groups -OCH3 is 1. The van der Waals surface area contributed by atoms with Crippen LogP contribution in [-0.4, -0.2) is 43.0 Å². The van der Waals surface area contributed by atoms with E-state index in [9.17, 15) is 14.0 Å². The molecule has 0 aromatic heterocycles. The first-order chi connectivity index (χ1) is 17.9. The number of rotatable bonds is 11. The summed E-state index contributed by atoms with van der Waals surface area (Å²) in [6.07, 6.45) is 2.27. The third-order valence-corrected chi connectivity index (χ3v) is 6.06. The van der Waals surface area contributed by atoms with E-state index in [2.05, 4.69) is 10.6 Å². The molecule has 0 saturated heterocycles. The van der Waals surface area contributed by atoms with Gasteiger partial charge in [0.2, 0.25) is 5.91 Å². The summed E-state index contributed by atoms with van der Waals surface area (Å²) >= 11 is 0. The highest BCUT2D eigenvalue weighted by Crippen LogP contribution is 2.33. The Balaban J connectivity index is 1.49. The van der Waals surface area contributed by atoms with E-state index >= 15 is 0 Å². The third-order valence-electron chi connectivity index (χ3n) is 6.06. The Hall–Kier alpha value is -4.33. The van der Waals surface area contributed by atoms with Crippen molar-refractivity contribution < 1.29 is 23.5 Å². The Morgan fingerprint density at radius 1 is 1.03 bits per heavy atom. The number of hydrogen-bond acceptors (Lipinski definition) is 4. The molecule has 1 heterocycles. The fourth-order valence-corrected chi connectivity index (χ4v) is 4.22. The van der Waals surface area contributed by atoms with Crippen molar-refractivity contribution in [2.45, 2.75) is 25.9 Å². The van der Waals surface area contributed by atoms with E-state index in [1.807, 2.05) is 48.5 Å². The van der Waals surface area contributed by atoms with Gasteiger partial charge in [-0.3, -0.25) is 14.9 Å². The first kappa shape index (κ1) is 25.8. The molecule has 0 aliphatic carbocycles. The van der Waals surface area contributed by atoms with Gasteiger partial charge in [-0.2, -0.15) is 0 Å². The molecule has 191 valence electrons. The van der Waals surface area contributed by atoms with Gasteiger partial charge in [-0.25, -0.2) is 4.39 Å². The molecular formula is C29H29FN3O4. The molecule has 3 aromatic rings. The minimum absolute atomic E-state index is 0.127. The van der Waals surface area contributed by atoms with Crippen LogP contribution in [0.2, 0.25) is 0 Å². The predicted molar refractivity (Wildman–Crippen MR) is 139 cm³/mol. The lowest BCUT2D eigenvalue weighted by Crippen LogP contribution is -2.46. The van der Waals surface area contributed by atoms with Crippen LogP contribution in [0, 0.1) is 5.82 Å². The summed E-state index contributed by atoms with van der Waals surface area (Å²) in [5, 5.41) is 7.48. The molecule has 1 aliphatic heterocycles. The highest BCUT2D eigenvalue weighted by molar-refractivity contribution is 5.81. The van der Waals surface area contributed by atoms with E-state index in [1.54, 1.807) is 18.2 Å². The number of nitrogens with zero attached hydrogens (tertiary/aromatic N) is 2. The average Bonchev–Trinajstić information content (AvgIpc) is 3.31. The Morgan fingerprint density at radius 3 is 2.51 bits per heavy atom. The van der Waals surface area contributed by atoms with Gasteiger partial charge in [-0.1, -0.05) is 36.4 Å². The molecule has 1 aliphatic rings. The van der Waals surface area contributed by atoms with E-state index in [0.717, 1.165) is 22.4 Å². The number of hydrogen-bond donors (Lipinski definition) is 1. The number of carbonyl (C=O) groups excluding carboxylic acids is 2. The van der Waals surface area contributed by atoms with Crippen LogP contribution in [0.3, 0.4) is 0 Å². The first-order valence-electron chi connectivity index (χ1n) is 12.0. The van der Waals surface area contributed by atoms with Crippen LogP contribution >= 0.6 is 0 Å². The van der Waals surface area contributed by atoms with Crippen LogP contribution in [-0.2, 0) is 16.1 Å². The highest BCUT2D eigenvalue weighted by atomic mass is 19.1. The van der Waals surface area contributed by atoms with Crippen molar-refractivity contribution in [2.75, 3.05) is 20.3 Å². The number of halogens is 1. The fourth-order valence-electron chi connectivity index (χ4n) is 4.22. The summed E-state index contributed by atoms with van der Waals surface area (Å²) < 4.78 is 24.1. The van der Waals surface area contributed by atoms with Gasteiger partial charge in [-0.15, -0.1) is 0 Å². The molecule has 0 saturated carbocycles. The van der Waals surface area contributed by atoms with Gasteiger partial charge in [0.05, 0.1) is 18.8 Å². The highest BCUT2D eigenvalue weighted by Gasteiger charge is 2.24. The summed E-state index contributed by atoms with van der Waals surface area (Å²) in [5.41, 5.74) is 3.72. The van der Waals surface area contributed by atoms with Crippen molar-refractivity contribution in [1.29, 1.82) is 0 Å². The molecule has 2 amide bonds. The Bertz CT molecular complexity index is 1280. The Kier molecular flexibility index (Phi) is 8.40. The lowest BCUT2D eigenvalue weighted by atomic mass is 9.99. The fraction of sp³-hybridized carbons (Fsp3) is 0.241. The molecule has 8 heteroatoms. The topological polar surface area (TPSA) is 82.0 Å². The van der Waals surface area contributed by atoms with Crippen LogP contribution in [0.25, 0.3) is 5.57 Å². The van der Waals surface area contributed by atoms with Gasteiger partial charge in [0.25, 0.3) is 5.91 Å². The lowest BCUT2D eigenvalue weighted by molar-refractivity contribution is -0.131. The number of benzene rings is 3. The van der Waals surface area contributed by atoms with E-state index in [0.29, 0.717) is 24.5 Å². The number of fused-ring (bicyclic) bond motifs is 1.